The van der Waals surface area contributed by atoms with E-state index in [9.17, 15) is 8.78 Å². The summed E-state index contributed by atoms with van der Waals surface area (Å²) in [6.45, 7) is 0.0967. The summed E-state index contributed by atoms with van der Waals surface area (Å²) in [5.74, 6) is -2.14. The third-order valence-electron chi connectivity index (χ3n) is 3.30. The Balaban J connectivity index is 0.00000121. The van der Waals surface area contributed by atoms with Crippen molar-refractivity contribution in [1.29, 1.82) is 0 Å². The maximum absolute atomic E-state index is 13.1. The second kappa shape index (κ2) is 7.32. The predicted molar refractivity (Wildman–Crippen MR) is 82.4 cm³/mol. The van der Waals surface area contributed by atoms with Crippen molar-refractivity contribution in [1.82, 2.24) is 15.5 Å². The molecular formula is C13H16Cl2F2N4O. The molecular weight excluding hydrogens is 337 g/mol. The molecule has 0 aliphatic carbocycles. The molecule has 0 amide bonds. The zero-order valence-electron chi connectivity index (χ0n) is 11.5. The van der Waals surface area contributed by atoms with Gasteiger partial charge in [-0.2, -0.15) is 4.98 Å². The Morgan fingerprint density at radius 1 is 1.27 bits per heavy atom. The third-order valence-corrected chi connectivity index (χ3v) is 3.30. The van der Waals surface area contributed by atoms with Gasteiger partial charge in [0.2, 0.25) is 11.7 Å². The summed E-state index contributed by atoms with van der Waals surface area (Å²) in [6, 6.07) is 6.80. The van der Waals surface area contributed by atoms with Gasteiger partial charge in [0.1, 0.15) is 0 Å². The Hall–Kier alpha value is -1.28. The fourth-order valence-corrected chi connectivity index (χ4v) is 2.17. The normalized spacial score (nSPS) is 19.3. The lowest BCUT2D eigenvalue weighted by atomic mass is 10.1. The van der Waals surface area contributed by atoms with Crippen LogP contribution in [0.5, 0.6) is 0 Å². The van der Waals surface area contributed by atoms with E-state index in [1.165, 1.54) is 0 Å². The number of hydrogen-bond acceptors (Lipinski definition) is 5. The highest BCUT2D eigenvalue weighted by Gasteiger charge is 2.42. The highest BCUT2D eigenvalue weighted by molar-refractivity contribution is 5.85. The molecule has 3 N–H and O–H groups in total. The van der Waals surface area contributed by atoms with Crippen LogP contribution in [0.1, 0.15) is 23.9 Å². The Morgan fingerprint density at radius 3 is 2.50 bits per heavy atom. The van der Waals surface area contributed by atoms with Gasteiger partial charge in [0, 0.05) is 18.5 Å². The molecule has 1 atom stereocenters. The molecule has 0 radical (unpaired) electrons. The monoisotopic (exact) mass is 352 g/mol. The van der Waals surface area contributed by atoms with Crippen LogP contribution in [0.25, 0.3) is 11.4 Å². The number of nitrogens with one attached hydrogen (secondary N) is 1. The molecule has 0 spiro atoms. The summed E-state index contributed by atoms with van der Waals surface area (Å²) < 4.78 is 31.3. The van der Waals surface area contributed by atoms with Gasteiger partial charge in [0.15, 0.2) is 0 Å². The lowest BCUT2D eigenvalue weighted by molar-refractivity contribution is 0.0200. The number of halogens is 4. The van der Waals surface area contributed by atoms with Crippen molar-refractivity contribution in [3.05, 3.63) is 35.7 Å². The molecule has 0 bridgehead atoms. The number of rotatable bonds is 3. The Bertz CT molecular complexity index is 606. The van der Waals surface area contributed by atoms with Crippen LogP contribution in [-0.2, 0) is 6.54 Å². The van der Waals surface area contributed by atoms with E-state index in [2.05, 4.69) is 15.5 Å². The van der Waals surface area contributed by atoms with Crippen LogP contribution >= 0.6 is 24.8 Å². The van der Waals surface area contributed by atoms with E-state index in [4.69, 9.17) is 10.3 Å². The predicted octanol–water partition coefficient (Wildman–Crippen LogP) is 2.71. The van der Waals surface area contributed by atoms with Gasteiger partial charge in [0.25, 0.3) is 5.92 Å². The fourth-order valence-electron chi connectivity index (χ4n) is 2.17. The molecule has 1 fully saturated rings. The summed E-state index contributed by atoms with van der Waals surface area (Å²) in [5, 5.41) is 6.52. The van der Waals surface area contributed by atoms with E-state index in [-0.39, 0.29) is 43.7 Å². The van der Waals surface area contributed by atoms with E-state index in [1.807, 2.05) is 24.3 Å². The quantitative estimate of drug-likeness (QED) is 0.887. The highest BCUT2D eigenvalue weighted by atomic mass is 35.5. The number of hydrogen-bond donors (Lipinski definition) is 2. The molecule has 1 aliphatic heterocycles. The van der Waals surface area contributed by atoms with Gasteiger partial charge in [-0.05, 0) is 5.56 Å². The third kappa shape index (κ3) is 3.92. The minimum atomic E-state index is -2.72. The summed E-state index contributed by atoms with van der Waals surface area (Å²) in [6.07, 6.45) is -0.319. The molecule has 1 aliphatic rings. The summed E-state index contributed by atoms with van der Waals surface area (Å²) in [4.78, 5) is 4.18. The minimum absolute atomic E-state index is 0. The average molecular weight is 353 g/mol. The Labute approximate surface area is 138 Å². The Kier molecular flexibility index (Phi) is 6.25. The van der Waals surface area contributed by atoms with Crippen molar-refractivity contribution in [3.8, 4) is 11.4 Å². The number of benzene rings is 1. The zero-order chi connectivity index (χ0) is 14.2. The molecule has 3 rings (SSSR count). The highest BCUT2D eigenvalue weighted by Crippen LogP contribution is 2.33. The maximum Gasteiger partial charge on any atom is 0.262 e. The molecule has 22 heavy (non-hydrogen) atoms. The van der Waals surface area contributed by atoms with Crippen molar-refractivity contribution in [2.75, 3.05) is 6.54 Å². The fraction of sp³-hybridized carbons (Fsp3) is 0.385. The standard InChI is InChI=1S/C13H14F2N4O.2ClH/c14-13(15)5-10(17-7-13)12-18-11(19-20-12)9-3-1-8(6-16)2-4-9;;/h1-4,10,17H,5-7,16H2;2*1H. The number of alkyl halides is 2. The first-order chi connectivity index (χ1) is 9.57. The summed E-state index contributed by atoms with van der Waals surface area (Å²) >= 11 is 0. The molecule has 1 aromatic heterocycles. The topological polar surface area (TPSA) is 77.0 Å². The van der Waals surface area contributed by atoms with Gasteiger partial charge < -0.3 is 10.3 Å². The number of nitrogens with zero attached hydrogens (tertiary/aromatic N) is 2. The van der Waals surface area contributed by atoms with E-state index in [0.29, 0.717) is 12.4 Å². The van der Waals surface area contributed by atoms with Crippen molar-refractivity contribution >= 4 is 24.8 Å². The Morgan fingerprint density at radius 2 is 1.95 bits per heavy atom. The second-order valence-electron chi connectivity index (χ2n) is 4.85. The van der Waals surface area contributed by atoms with Crippen molar-refractivity contribution in [2.45, 2.75) is 24.9 Å². The van der Waals surface area contributed by atoms with Gasteiger partial charge in [-0.1, -0.05) is 29.4 Å². The van der Waals surface area contributed by atoms with Crippen molar-refractivity contribution in [3.63, 3.8) is 0 Å². The SMILES string of the molecule is Cl.Cl.NCc1ccc(-c2noc(C3CC(F)(F)CN3)n2)cc1. The second-order valence-corrected chi connectivity index (χ2v) is 4.85. The molecule has 122 valence electrons. The van der Waals surface area contributed by atoms with Crippen LogP contribution in [0.15, 0.2) is 28.8 Å². The molecule has 1 aromatic carbocycles. The lowest BCUT2D eigenvalue weighted by Crippen LogP contribution is -2.19. The van der Waals surface area contributed by atoms with Gasteiger partial charge in [-0.25, -0.2) is 8.78 Å². The van der Waals surface area contributed by atoms with E-state index < -0.39 is 12.0 Å². The first kappa shape index (κ1) is 18.8. The zero-order valence-corrected chi connectivity index (χ0v) is 13.1. The molecule has 1 unspecified atom stereocenters. The van der Waals surface area contributed by atoms with Crippen molar-refractivity contribution in [2.24, 2.45) is 5.73 Å². The van der Waals surface area contributed by atoms with Crippen LogP contribution in [0.4, 0.5) is 8.78 Å². The van der Waals surface area contributed by atoms with Crippen LogP contribution in [0.2, 0.25) is 0 Å². The van der Waals surface area contributed by atoms with Crippen LogP contribution in [-0.4, -0.2) is 22.6 Å². The smallest absolute Gasteiger partial charge is 0.262 e. The van der Waals surface area contributed by atoms with Crippen molar-refractivity contribution < 1.29 is 13.3 Å². The lowest BCUT2D eigenvalue weighted by Gasteiger charge is -2.04. The van der Waals surface area contributed by atoms with E-state index in [1.54, 1.807) is 0 Å². The van der Waals surface area contributed by atoms with Gasteiger partial charge >= 0.3 is 0 Å². The minimum Gasteiger partial charge on any atom is -0.337 e. The maximum atomic E-state index is 13.1. The number of aromatic nitrogens is 2. The number of nitrogens with two attached hydrogens (primary N) is 1. The molecule has 9 heteroatoms. The molecule has 2 heterocycles. The van der Waals surface area contributed by atoms with Crippen LogP contribution in [0, 0.1) is 0 Å². The van der Waals surface area contributed by atoms with E-state index >= 15 is 0 Å². The first-order valence-electron chi connectivity index (χ1n) is 6.31. The van der Waals surface area contributed by atoms with Gasteiger partial charge in [0.05, 0.1) is 12.6 Å². The average Bonchev–Trinajstić information content (AvgIpc) is 3.05. The molecule has 2 aromatic rings. The summed E-state index contributed by atoms with van der Waals surface area (Å²) in [5.41, 5.74) is 7.28. The van der Waals surface area contributed by atoms with Gasteiger partial charge in [-0.15, -0.1) is 24.8 Å². The van der Waals surface area contributed by atoms with E-state index in [0.717, 1.165) is 11.1 Å². The molecule has 5 nitrogen and oxygen atoms in total. The first-order valence-corrected chi connectivity index (χ1v) is 6.31. The molecule has 0 saturated carbocycles. The van der Waals surface area contributed by atoms with Crippen LogP contribution < -0.4 is 11.1 Å². The van der Waals surface area contributed by atoms with Crippen LogP contribution in [0.3, 0.4) is 0 Å². The largest absolute Gasteiger partial charge is 0.337 e. The summed E-state index contributed by atoms with van der Waals surface area (Å²) in [7, 11) is 0. The molecule has 1 saturated heterocycles. The van der Waals surface area contributed by atoms with Gasteiger partial charge in [-0.3, -0.25) is 5.32 Å².